The molecule has 0 bridgehead atoms. The molecule has 0 spiro atoms. The predicted octanol–water partition coefficient (Wildman–Crippen LogP) is 3.39. The smallest absolute Gasteiger partial charge is 0.273 e. The molecular weight excluding hydrogens is 270 g/mol. The Morgan fingerprint density at radius 2 is 2.11 bits per heavy atom. The van der Waals surface area contributed by atoms with Crippen molar-refractivity contribution in [2.75, 3.05) is 7.11 Å². The fraction of sp³-hybridized carbons (Fsp3) is 0.538. The Bertz CT molecular complexity index is 503. The van der Waals surface area contributed by atoms with Crippen LogP contribution in [0.4, 0.5) is 5.69 Å². The van der Waals surface area contributed by atoms with Crippen molar-refractivity contribution < 1.29 is 14.4 Å². The van der Waals surface area contributed by atoms with Gasteiger partial charge in [-0.15, -0.1) is 11.6 Å². The zero-order valence-corrected chi connectivity index (χ0v) is 11.8. The van der Waals surface area contributed by atoms with E-state index >= 15 is 0 Å². The molecule has 1 aliphatic rings. The number of non-ortho nitro benzene ring substituents is 1. The van der Waals surface area contributed by atoms with Gasteiger partial charge in [-0.2, -0.15) is 0 Å². The van der Waals surface area contributed by atoms with Crippen LogP contribution in [0, 0.1) is 15.5 Å². The van der Waals surface area contributed by atoms with Crippen molar-refractivity contribution in [2.45, 2.75) is 31.7 Å². The monoisotopic (exact) mass is 285 g/mol. The van der Waals surface area contributed by atoms with Gasteiger partial charge in [-0.25, -0.2) is 0 Å². The van der Waals surface area contributed by atoms with Gasteiger partial charge in [-0.05, 0) is 6.07 Å². The van der Waals surface area contributed by atoms with Crippen LogP contribution in [0.5, 0.6) is 11.5 Å². The molecule has 1 aliphatic carbocycles. The van der Waals surface area contributed by atoms with Crippen molar-refractivity contribution >= 4 is 17.3 Å². The second-order valence-corrected chi connectivity index (χ2v) is 5.75. The van der Waals surface area contributed by atoms with Crippen LogP contribution in [0.2, 0.25) is 0 Å². The number of alkyl halides is 1. The van der Waals surface area contributed by atoms with Gasteiger partial charge < -0.3 is 9.47 Å². The summed E-state index contributed by atoms with van der Waals surface area (Å²) in [4.78, 5) is 10.3. The van der Waals surface area contributed by atoms with Crippen molar-refractivity contribution in [1.82, 2.24) is 0 Å². The van der Waals surface area contributed by atoms with E-state index in [1.54, 1.807) is 0 Å². The van der Waals surface area contributed by atoms with Crippen LogP contribution in [-0.2, 0) is 0 Å². The van der Waals surface area contributed by atoms with Crippen molar-refractivity contribution in [3.8, 4) is 11.5 Å². The molecule has 1 aromatic rings. The summed E-state index contributed by atoms with van der Waals surface area (Å²) in [5, 5.41) is 10.8. The van der Waals surface area contributed by atoms with Crippen LogP contribution in [-0.4, -0.2) is 23.5 Å². The van der Waals surface area contributed by atoms with E-state index in [1.807, 2.05) is 13.8 Å². The zero-order valence-electron chi connectivity index (χ0n) is 11.1. The Morgan fingerprint density at radius 3 is 2.58 bits per heavy atom. The number of benzene rings is 1. The molecule has 0 aliphatic heterocycles. The molecule has 5 nitrogen and oxygen atoms in total. The minimum Gasteiger partial charge on any atom is -0.493 e. The molecular formula is C13H16ClNO4. The van der Waals surface area contributed by atoms with E-state index in [0.717, 1.165) is 6.42 Å². The van der Waals surface area contributed by atoms with Gasteiger partial charge in [0, 0.05) is 23.3 Å². The fourth-order valence-corrected chi connectivity index (χ4v) is 2.36. The first-order valence-electron chi connectivity index (χ1n) is 5.99. The maximum atomic E-state index is 10.8. The SMILES string of the molecule is COc1ccc([N+](=O)[O-])cc1OC1CC(Cl)C1(C)C. The first-order chi connectivity index (χ1) is 8.86. The minimum absolute atomic E-state index is 0.0182. The number of halogens is 1. The summed E-state index contributed by atoms with van der Waals surface area (Å²) in [6.45, 7) is 4.03. The molecule has 2 unspecified atom stereocenters. The van der Waals surface area contributed by atoms with Gasteiger partial charge in [0.25, 0.3) is 5.69 Å². The molecule has 0 N–H and O–H groups in total. The molecule has 0 aromatic heterocycles. The van der Waals surface area contributed by atoms with Crippen LogP contribution in [0.25, 0.3) is 0 Å². The lowest BCUT2D eigenvalue weighted by Gasteiger charge is -2.48. The minimum atomic E-state index is -0.456. The third kappa shape index (κ3) is 2.47. The number of hydrogen-bond donors (Lipinski definition) is 0. The second-order valence-electron chi connectivity index (χ2n) is 5.22. The van der Waals surface area contributed by atoms with Gasteiger partial charge in [0.15, 0.2) is 11.5 Å². The highest BCUT2D eigenvalue weighted by Gasteiger charge is 2.49. The third-order valence-electron chi connectivity index (χ3n) is 3.69. The number of nitro benzene ring substituents is 1. The molecule has 1 fully saturated rings. The number of rotatable bonds is 4. The maximum absolute atomic E-state index is 10.8. The molecule has 2 atom stereocenters. The topological polar surface area (TPSA) is 61.6 Å². The van der Waals surface area contributed by atoms with Gasteiger partial charge in [-0.1, -0.05) is 13.8 Å². The lowest BCUT2D eigenvalue weighted by atomic mass is 9.68. The third-order valence-corrected chi connectivity index (χ3v) is 4.43. The summed E-state index contributed by atoms with van der Waals surface area (Å²) in [5.41, 5.74) is -0.174. The Kier molecular flexibility index (Phi) is 3.58. The molecule has 0 amide bonds. The Labute approximate surface area is 116 Å². The number of nitrogens with zero attached hydrogens (tertiary/aromatic N) is 1. The normalized spacial score (nSPS) is 24.4. The van der Waals surface area contributed by atoms with E-state index in [1.165, 1.54) is 25.3 Å². The van der Waals surface area contributed by atoms with Gasteiger partial charge in [0.1, 0.15) is 6.10 Å². The van der Waals surface area contributed by atoms with E-state index < -0.39 is 4.92 Å². The highest BCUT2D eigenvalue weighted by molar-refractivity contribution is 6.21. The summed E-state index contributed by atoms with van der Waals surface area (Å²) in [7, 11) is 1.50. The van der Waals surface area contributed by atoms with Crippen LogP contribution >= 0.6 is 11.6 Å². The molecule has 0 saturated heterocycles. The molecule has 1 aromatic carbocycles. The molecule has 6 heteroatoms. The second kappa shape index (κ2) is 4.89. The number of methoxy groups -OCH3 is 1. The van der Waals surface area contributed by atoms with Crippen LogP contribution in [0.3, 0.4) is 0 Å². The highest BCUT2D eigenvalue weighted by atomic mass is 35.5. The average Bonchev–Trinajstić information content (AvgIpc) is 2.38. The van der Waals surface area contributed by atoms with Crippen LogP contribution in [0.1, 0.15) is 20.3 Å². The van der Waals surface area contributed by atoms with E-state index in [-0.39, 0.29) is 22.6 Å². The molecule has 0 heterocycles. The predicted molar refractivity (Wildman–Crippen MR) is 72.1 cm³/mol. The molecule has 0 radical (unpaired) electrons. The molecule has 19 heavy (non-hydrogen) atoms. The fourth-order valence-electron chi connectivity index (χ4n) is 2.06. The van der Waals surface area contributed by atoms with Gasteiger partial charge >= 0.3 is 0 Å². The summed E-state index contributed by atoms with van der Waals surface area (Å²) < 4.78 is 11.0. The largest absolute Gasteiger partial charge is 0.493 e. The van der Waals surface area contributed by atoms with Gasteiger partial charge in [-0.3, -0.25) is 10.1 Å². The summed E-state index contributed by atoms with van der Waals surface area (Å²) in [5.74, 6) is 0.873. The van der Waals surface area contributed by atoms with Crippen molar-refractivity contribution in [1.29, 1.82) is 0 Å². The highest BCUT2D eigenvalue weighted by Crippen LogP contribution is 2.47. The molecule has 2 rings (SSSR count). The lowest BCUT2D eigenvalue weighted by molar-refractivity contribution is -0.385. The number of hydrogen-bond acceptors (Lipinski definition) is 4. The Morgan fingerprint density at radius 1 is 1.42 bits per heavy atom. The number of nitro groups is 1. The summed E-state index contributed by atoms with van der Waals surface area (Å²) in [6.07, 6.45) is 0.659. The Hall–Kier alpha value is -1.49. The van der Waals surface area contributed by atoms with Crippen LogP contribution < -0.4 is 9.47 Å². The van der Waals surface area contributed by atoms with E-state index in [9.17, 15) is 10.1 Å². The van der Waals surface area contributed by atoms with Crippen molar-refractivity contribution in [3.63, 3.8) is 0 Å². The van der Waals surface area contributed by atoms with E-state index in [4.69, 9.17) is 21.1 Å². The average molecular weight is 286 g/mol. The Balaban J connectivity index is 2.24. The van der Waals surface area contributed by atoms with E-state index in [0.29, 0.717) is 11.5 Å². The first-order valence-corrected chi connectivity index (χ1v) is 6.43. The summed E-state index contributed by atoms with van der Waals surface area (Å²) >= 11 is 6.14. The first kappa shape index (κ1) is 13.9. The standard InChI is InChI=1S/C13H16ClNO4/c1-13(2)11(14)7-12(13)19-10-6-8(15(16)17)4-5-9(10)18-3/h4-6,11-12H,7H2,1-3H3. The molecule has 1 saturated carbocycles. The van der Waals surface area contributed by atoms with E-state index in [2.05, 4.69) is 0 Å². The van der Waals surface area contributed by atoms with Crippen LogP contribution in [0.15, 0.2) is 18.2 Å². The van der Waals surface area contributed by atoms with Crippen molar-refractivity contribution in [3.05, 3.63) is 28.3 Å². The maximum Gasteiger partial charge on any atom is 0.273 e. The van der Waals surface area contributed by atoms with Crippen molar-refractivity contribution in [2.24, 2.45) is 5.41 Å². The quantitative estimate of drug-likeness (QED) is 0.483. The lowest BCUT2D eigenvalue weighted by Crippen LogP contribution is -2.53. The zero-order chi connectivity index (χ0) is 14.2. The summed E-state index contributed by atoms with van der Waals surface area (Å²) in [6, 6.07) is 4.32. The molecule has 104 valence electrons. The number of ether oxygens (including phenoxy) is 2. The van der Waals surface area contributed by atoms with Gasteiger partial charge in [0.2, 0.25) is 0 Å². The van der Waals surface area contributed by atoms with Gasteiger partial charge in [0.05, 0.1) is 18.1 Å².